The van der Waals surface area contributed by atoms with Gasteiger partial charge in [-0.1, -0.05) is 53.2 Å². The third-order valence-corrected chi connectivity index (χ3v) is 7.63. The van der Waals surface area contributed by atoms with Gasteiger partial charge in [0.25, 0.3) is 5.76 Å². The zero-order valence-electron chi connectivity index (χ0n) is 20.8. The van der Waals surface area contributed by atoms with Crippen LogP contribution in [0.3, 0.4) is 0 Å². The van der Waals surface area contributed by atoms with Crippen LogP contribution in [0.1, 0.15) is 24.2 Å². The summed E-state index contributed by atoms with van der Waals surface area (Å²) in [4.78, 5) is 2.84. The van der Waals surface area contributed by atoms with E-state index in [9.17, 15) is 8.78 Å². The van der Waals surface area contributed by atoms with E-state index in [1.807, 2.05) is 18.2 Å². The minimum atomic E-state index is -2.45. The molecule has 5 nitrogen and oxygen atoms in total. The van der Waals surface area contributed by atoms with Gasteiger partial charge in [-0.15, -0.1) is 0 Å². The summed E-state index contributed by atoms with van der Waals surface area (Å²) in [5.41, 5.74) is 5.17. The van der Waals surface area contributed by atoms with Crippen LogP contribution in [0.25, 0.3) is 17.4 Å². The van der Waals surface area contributed by atoms with Crippen molar-refractivity contribution in [2.24, 2.45) is 10.2 Å². The van der Waals surface area contributed by atoms with Gasteiger partial charge in [0.2, 0.25) is 0 Å². The number of benzene rings is 2. The maximum atomic E-state index is 12.5. The summed E-state index contributed by atoms with van der Waals surface area (Å²) in [6.45, 7) is 2.96. The summed E-state index contributed by atoms with van der Waals surface area (Å²) in [5.74, 6) is -1.28. The molecule has 0 amide bonds. The molecule has 0 spiro atoms. The number of hydrogen-bond acceptors (Lipinski definition) is 6. The summed E-state index contributed by atoms with van der Waals surface area (Å²) in [6, 6.07) is 15.9. The van der Waals surface area contributed by atoms with E-state index in [2.05, 4.69) is 21.2 Å². The molecule has 202 valence electrons. The highest BCUT2D eigenvalue weighted by molar-refractivity contribution is 7.99. The first-order valence-electron chi connectivity index (χ1n) is 12.4. The minimum Gasteiger partial charge on any atom is -0.455 e. The van der Waals surface area contributed by atoms with E-state index in [0.29, 0.717) is 51.4 Å². The molecule has 0 N–H and O–H groups in total. The zero-order valence-corrected chi connectivity index (χ0v) is 23.2. The number of ether oxygens (including phenoxy) is 1. The van der Waals surface area contributed by atoms with Crippen molar-refractivity contribution in [3.8, 4) is 11.3 Å². The molecule has 0 radical (unpaired) electrons. The predicted octanol–water partition coefficient (Wildman–Crippen LogP) is 8.44. The summed E-state index contributed by atoms with van der Waals surface area (Å²) < 4.78 is 36.5. The predicted molar refractivity (Wildman–Crippen MR) is 155 cm³/mol. The van der Waals surface area contributed by atoms with E-state index in [1.54, 1.807) is 48.8 Å². The van der Waals surface area contributed by atoms with E-state index in [1.165, 1.54) is 5.57 Å². The fourth-order valence-corrected chi connectivity index (χ4v) is 5.51. The lowest BCUT2D eigenvalue weighted by Crippen LogP contribution is -2.36. The molecule has 2 aromatic carbocycles. The first kappa shape index (κ1) is 27.6. The summed E-state index contributed by atoms with van der Waals surface area (Å²) in [6.07, 6.45) is 7.18. The summed E-state index contributed by atoms with van der Waals surface area (Å²) in [7, 11) is 0. The van der Waals surface area contributed by atoms with Crippen LogP contribution in [0.4, 0.5) is 8.78 Å². The number of nitrogens with zero attached hydrogens (tertiary/aromatic N) is 3. The molecule has 1 fully saturated rings. The smallest absolute Gasteiger partial charge is 0.288 e. The third kappa shape index (κ3) is 7.19. The Morgan fingerprint density at radius 1 is 0.923 bits per heavy atom. The number of furan rings is 1. The van der Waals surface area contributed by atoms with Crippen molar-refractivity contribution < 1.29 is 17.9 Å². The Morgan fingerprint density at radius 2 is 1.69 bits per heavy atom. The molecular formula is C29H25Cl2F2N3O2S. The van der Waals surface area contributed by atoms with Crippen LogP contribution in [0.15, 0.2) is 91.0 Å². The molecule has 0 atom stereocenters. The van der Waals surface area contributed by atoms with Crippen LogP contribution in [-0.2, 0) is 4.74 Å². The molecule has 3 aromatic rings. The summed E-state index contributed by atoms with van der Waals surface area (Å²) in [5, 5.41) is 9.73. The van der Waals surface area contributed by atoms with Gasteiger partial charge in [0.1, 0.15) is 11.5 Å². The molecule has 5 rings (SSSR count). The fraction of sp³-hybridized carbons (Fsp3) is 0.241. The molecule has 0 saturated carbocycles. The quantitative estimate of drug-likeness (QED) is 0.151. The molecule has 1 aromatic heterocycles. The van der Waals surface area contributed by atoms with Gasteiger partial charge in [-0.25, -0.2) is 0 Å². The molecule has 2 heterocycles. The number of thioether (sulfide) groups is 1. The maximum Gasteiger partial charge on any atom is 0.288 e. The lowest BCUT2D eigenvalue weighted by Gasteiger charge is -2.31. The molecule has 0 unspecified atom stereocenters. The SMILES string of the molecule is FC(F)Sc1ccc(-c2ccc(/C=N\N=C/C3=C(N4CCOCC4)C(=C/c4ccc(Cl)cc4Cl)/CC3)o2)cc1. The van der Waals surface area contributed by atoms with Crippen molar-refractivity contribution in [3.05, 3.63) is 92.8 Å². The lowest BCUT2D eigenvalue weighted by atomic mass is 10.1. The largest absolute Gasteiger partial charge is 0.455 e. The Kier molecular flexibility index (Phi) is 9.19. The topological polar surface area (TPSA) is 50.3 Å². The average Bonchev–Trinajstić information content (AvgIpc) is 3.56. The van der Waals surface area contributed by atoms with Crippen molar-refractivity contribution in [1.29, 1.82) is 0 Å². The van der Waals surface area contributed by atoms with Crippen molar-refractivity contribution in [1.82, 2.24) is 4.90 Å². The van der Waals surface area contributed by atoms with Gasteiger partial charge in [-0.05, 0) is 72.0 Å². The van der Waals surface area contributed by atoms with Crippen molar-refractivity contribution in [2.45, 2.75) is 23.5 Å². The van der Waals surface area contributed by atoms with Gasteiger partial charge in [-0.3, -0.25) is 0 Å². The fourth-order valence-electron chi connectivity index (χ4n) is 4.55. The number of halogens is 4. The van der Waals surface area contributed by atoms with Crippen LogP contribution in [0, 0.1) is 0 Å². The second-order valence-electron chi connectivity index (χ2n) is 8.90. The lowest BCUT2D eigenvalue weighted by molar-refractivity contribution is 0.0548. The number of morpholine rings is 1. The molecule has 39 heavy (non-hydrogen) atoms. The average molecular weight is 589 g/mol. The van der Waals surface area contributed by atoms with Gasteiger partial charge in [0.15, 0.2) is 0 Å². The Labute approximate surface area is 239 Å². The van der Waals surface area contributed by atoms with Gasteiger partial charge < -0.3 is 14.1 Å². The second-order valence-corrected chi connectivity index (χ2v) is 10.8. The molecule has 0 bridgehead atoms. The minimum absolute atomic E-state index is 0.503. The second kappa shape index (κ2) is 13.0. The van der Waals surface area contributed by atoms with Gasteiger partial charge in [-0.2, -0.15) is 19.0 Å². The van der Waals surface area contributed by atoms with Gasteiger partial charge >= 0.3 is 0 Å². The van der Waals surface area contributed by atoms with Crippen LogP contribution in [0.2, 0.25) is 10.0 Å². The monoisotopic (exact) mass is 587 g/mol. The molecule has 1 aliphatic heterocycles. The van der Waals surface area contributed by atoms with Crippen molar-refractivity contribution in [2.75, 3.05) is 26.3 Å². The van der Waals surface area contributed by atoms with E-state index >= 15 is 0 Å². The van der Waals surface area contributed by atoms with Crippen molar-refractivity contribution >= 4 is 53.5 Å². The first-order chi connectivity index (χ1) is 19.0. The molecule has 10 heteroatoms. The Balaban J connectivity index is 1.32. The van der Waals surface area contributed by atoms with E-state index in [0.717, 1.165) is 48.3 Å². The highest BCUT2D eigenvalue weighted by Crippen LogP contribution is 2.36. The highest BCUT2D eigenvalue weighted by Gasteiger charge is 2.25. The third-order valence-electron chi connectivity index (χ3n) is 6.35. The van der Waals surface area contributed by atoms with Crippen molar-refractivity contribution in [3.63, 3.8) is 0 Å². The van der Waals surface area contributed by atoms with Gasteiger partial charge in [0, 0.05) is 39.3 Å². The molecule has 1 saturated heterocycles. The van der Waals surface area contributed by atoms with Crippen LogP contribution >= 0.6 is 35.0 Å². The van der Waals surface area contributed by atoms with Gasteiger partial charge in [0.05, 0.1) is 25.6 Å². The van der Waals surface area contributed by atoms with Crippen LogP contribution in [-0.4, -0.2) is 49.4 Å². The maximum absolute atomic E-state index is 12.5. The van der Waals surface area contributed by atoms with Crippen LogP contribution in [0.5, 0.6) is 0 Å². The highest BCUT2D eigenvalue weighted by atomic mass is 35.5. The molecule has 1 aliphatic carbocycles. The first-order valence-corrected chi connectivity index (χ1v) is 14.0. The Bertz CT molecular complexity index is 1430. The Hall–Kier alpha value is -2.91. The standard InChI is InChI=1S/C29H25Cl2F2N3O2S/c30-23-6-3-20(26(31)16-23)15-21-1-2-22(28(21)36-11-13-37-14-12-36)17-34-35-18-24-7-10-27(38-24)19-4-8-25(9-5-19)39-29(32)33/h3-10,15-18,29H,1-2,11-14H2/b21-15+,34-17-,35-18-. The summed E-state index contributed by atoms with van der Waals surface area (Å²) >= 11 is 13.0. The normalized spacial score (nSPS) is 17.6. The number of alkyl halides is 2. The van der Waals surface area contributed by atoms with E-state index < -0.39 is 5.76 Å². The van der Waals surface area contributed by atoms with E-state index in [-0.39, 0.29) is 0 Å². The number of hydrogen-bond donors (Lipinski definition) is 0. The molecule has 2 aliphatic rings. The van der Waals surface area contributed by atoms with E-state index in [4.69, 9.17) is 32.4 Å². The van der Waals surface area contributed by atoms with Crippen LogP contribution < -0.4 is 0 Å². The number of rotatable bonds is 8. The Morgan fingerprint density at radius 3 is 2.44 bits per heavy atom. The number of allylic oxidation sites excluding steroid dienone is 2. The molecular weight excluding hydrogens is 563 g/mol. The zero-order chi connectivity index (χ0) is 27.2.